The van der Waals surface area contributed by atoms with E-state index in [1.807, 2.05) is 0 Å². The number of halogens is 2. The van der Waals surface area contributed by atoms with Crippen LogP contribution in [0.4, 0.5) is 0 Å². The van der Waals surface area contributed by atoms with E-state index in [1.165, 1.54) is 0 Å². The van der Waals surface area contributed by atoms with Crippen molar-refractivity contribution in [2.24, 2.45) is 4.99 Å². The summed E-state index contributed by atoms with van der Waals surface area (Å²) in [6.45, 7) is 8.25. The number of aliphatic imine (C=N–C) groups is 1. The molecule has 0 saturated heterocycles. The number of hydrogen-bond acceptors (Lipinski definition) is 5. The van der Waals surface area contributed by atoms with Crippen LogP contribution in [0.3, 0.4) is 0 Å². The smallest absolute Gasteiger partial charge is 0.252 e. The van der Waals surface area contributed by atoms with Gasteiger partial charge in [0.15, 0.2) is 11.6 Å². The quantitative estimate of drug-likeness (QED) is 0.348. The molecular weight excluding hydrogens is 463 g/mol. The Hall–Kier alpha value is -2.80. The lowest BCUT2D eigenvalue weighted by molar-refractivity contribution is -0.128. The maximum Gasteiger partial charge on any atom is 0.252 e. The van der Waals surface area contributed by atoms with E-state index in [4.69, 9.17) is 42.8 Å². The first-order chi connectivity index (χ1) is 15.9. The number of hydrogen-bond donors (Lipinski definition) is 2. The molecule has 6 nitrogen and oxygen atoms in total. The first kappa shape index (κ1) is 24.8. The summed E-state index contributed by atoms with van der Waals surface area (Å²) in [5, 5.41) is 12.6. The molecule has 3 rings (SSSR count). The summed E-state index contributed by atoms with van der Waals surface area (Å²) in [7, 11) is 0. The second-order valence-electron chi connectivity index (χ2n) is 7.45. The number of ether oxygens (including phenoxy) is 2. The Balaban J connectivity index is 2.01. The fraction of sp³-hybridized carbons (Fsp3) is 0.280. The molecule has 0 aliphatic carbocycles. The van der Waals surface area contributed by atoms with Gasteiger partial charge >= 0.3 is 0 Å². The van der Waals surface area contributed by atoms with E-state index in [0.29, 0.717) is 45.8 Å². The van der Waals surface area contributed by atoms with Crippen LogP contribution in [0, 0.1) is 0 Å². The minimum Gasteiger partial charge on any atom is -0.494 e. The largest absolute Gasteiger partial charge is 0.494 e. The third kappa shape index (κ3) is 5.58. The van der Waals surface area contributed by atoms with Gasteiger partial charge in [-0.25, -0.2) is 4.99 Å². The molecule has 2 N–H and O–H groups in total. The van der Waals surface area contributed by atoms with Crippen LogP contribution in [0.25, 0.3) is 0 Å². The van der Waals surface area contributed by atoms with Gasteiger partial charge in [0.05, 0.1) is 6.61 Å². The lowest BCUT2D eigenvalue weighted by atomic mass is 9.84. The minimum absolute atomic E-state index is 0.0662. The summed E-state index contributed by atoms with van der Waals surface area (Å²) in [4.78, 5) is 18.1. The standard InChI is InChI=1S/C25H26Cl2N2O4/c1-3-12-25(24(31)28-13-4-2)22(20-11-8-18(26)16-21(20)27)33-23(29-25)17-6-9-19(10-7-17)32-15-5-14-30/h3-4,6-11,16,22,30H,1-2,5,12-15H2,(H,28,31)/t22-,25-/m1/s1. The second kappa shape index (κ2) is 11.4. The average Bonchev–Trinajstić information content (AvgIpc) is 3.18. The Bertz CT molecular complexity index is 1040. The summed E-state index contributed by atoms with van der Waals surface area (Å²) >= 11 is 12.6. The van der Waals surface area contributed by atoms with Crippen molar-refractivity contribution in [1.29, 1.82) is 0 Å². The molecule has 1 aliphatic rings. The molecule has 1 amide bonds. The molecule has 0 saturated carbocycles. The number of nitrogens with one attached hydrogen (secondary N) is 1. The molecule has 1 heterocycles. The first-order valence-electron chi connectivity index (χ1n) is 10.5. The summed E-state index contributed by atoms with van der Waals surface area (Å²) < 4.78 is 11.9. The van der Waals surface area contributed by atoms with Gasteiger partial charge in [0, 0.05) is 47.2 Å². The molecule has 2 aromatic carbocycles. The van der Waals surface area contributed by atoms with Crippen molar-refractivity contribution in [3.63, 3.8) is 0 Å². The highest BCUT2D eigenvalue weighted by Gasteiger charge is 2.52. The number of carbonyl (C=O) groups excluding carboxylic acids is 1. The summed E-state index contributed by atoms with van der Waals surface area (Å²) in [5.41, 5.74) is -0.0325. The Morgan fingerprint density at radius 3 is 2.61 bits per heavy atom. The van der Waals surface area contributed by atoms with Crippen LogP contribution in [0.15, 0.2) is 72.8 Å². The number of nitrogens with zero attached hydrogens (tertiary/aromatic N) is 1. The first-order valence-corrected chi connectivity index (χ1v) is 11.3. The molecule has 174 valence electrons. The van der Waals surface area contributed by atoms with Gasteiger partial charge in [0.1, 0.15) is 5.75 Å². The van der Waals surface area contributed by atoms with Crippen molar-refractivity contribution in [1.82, 2.24) is 5.32 Å². The zero-order valence-electron chi connectivity index (χ0n) is 18.1. The molecular formula is C25H26Cl2N2O4. The number of amides is 1. The van der Waals surface area contributed by atoms with Gasteiger partial charge in [-0.15, -0.1) is 13.2 Å². The van der Waals surface area contributed by atoms with E-state index in [0.717, 1.165) is 0 Å². The maximum absolute atomic E-state index is 13.4. The minimum atomic E-state index is -1.31. The molecule has 0 bridgehead atoms. The van der Waals surface area contributed by atoms with Crippen LogP contribution in [0.2, 0.25) is 10.0 Å². The van der Waals surface area contributed by atoms with Crippen LogP contribution < -0.4 is 10.1 Å². The SMILES string of the molecule is C=CCNC(=O)[C@]1(CC=C)N=C(c2ccc(OCCCO)cc2)O[C@@H]1c1ccc(Cl)cc1Cl. The molecule has 2 atom stereocenters. The van der Waals surface area contributed by atoms with Crippen molar-refractivity contribution in [3.8, 4) is 5.75 Å². The van der Waals surface area contributed by atoms with Crippen LogP contribution in [0.5, 0.6) is 5.75 Å². The Labute approximate surface area is 203 Å². The molecule has 2 aromatic rings. The summed E-state index contributed by atoms with van der Waals surface area (Å²) in [6.07, 6.45) is 3.22. The van der Waals surface area contributed by atoms with Gasteiger partial charge in [-0.2, -0.15) is 0 Å². The van der Waals surface area contributed by atoms with Gasteiger partial charge in [-0.05, 0) is 36.4 Å². The monoisotopic (exact) mass is 488 g/mol. The Kier molecular flexibility index (Phi) is 8.55. The predicted molar refractivity (Wildman–Crippen MR) is 131 cm³/mol. The van der Waals surface area contributed by atoms with E-state index in [1.54, 1.807) is 54.6 Å². The fourth-order valence-corrected chi connectivity index (χ4v) is 4.05. The molecule has 0 radical (unpaired) electrons. The zero-order valence-corrected chi connectivity index (χ0v) is 19.6. The third-order valence-electron chi connectivity index (χ3n) is 5.14. The van der Waals surface area contributed by atoms with Crippen molar-refractivity contribution in [2.45, 2.75) is 24.5 Å². The van der Waals surface area contributed by atoms with Gasteiger partial charge in [0.2, 0.25) is 5.90 Å². The molecule has 8 heteroatoms. The topological polar surface area (TPSA) is 80.2 Å². The molecule has 0 fully saturated rings. The normalized spacial score (nSPS) is 19.4. The third-order valence-corrected chi connectivity index (χ3v) is 5.70. The lowest BCUT2D eigenvalue weighted by Crippen LogP contribution is -2.48. The Morgan fingerprint density at radius 2 is 1.97 bits per heavy atom. The predicted octanol–water partition coefficient (Wildman–Crippen LogP) is 4.89. The highest BCUT2D eigenvalue weighted by Crippen LogP contribution is 2.45. The van der Waals surface area contributed by atoms with Crippen LogP contribution in [0.1, 0.15) is 30.1 Å². The maximum atomic E-state index is 13.4. The molecule has 33 heavy (non-hydrogen) atoms. The van der Waals surface area contributed by atoms with E-state index >= 15 is 0 Å². The summed E-state index contributed by atoms with van der Waals surface area (Å²) in [5.74, 6) is 0.643. The number of rotatable bonds is 11. The van der Waals surface area contributed by atoms with Crippen molar-refractivity contribution in [2.75, 3.05) is 19.8 Å². The van der Waals surface area contributed by atoms with Crippen molar-refractivity contribution in [3.05, 3.63) is 88.9 Å². The number of benzene rings is 2. The second-order valence-corrected chi connectivity index (χ2v) is 8.29. The van der Waals surface area contributed by atoms with Crippen LogP contribution in [-0.4, -0.2) is 42.2 Å². The Morgan fingerprint density at radius 1 is 1.21 bits per heavy atom. The highest BCUT2D eigenvalue weighted by atomic mass is 35.5. The van der Waals surface area contributed by atoms with Crippen molar-refractivity contribution < 1.29 is 19.4 Å². The number of aliphatic hydroxyl groups excluding tert-OH is 1. The van der Waals surface area contributed by atoms with Gasteiger partial charge in [0.25, 0.3) is 5.91 Å². The lowest BCUT2D eigenvalue weighted by Gasteiger charge is -2.30. The van der Waals surface area contributed by atoms with Crippen LogP contribution in [-0.2, 0) is 9.53 Å². The number of aliphatic hydroxyl groups is 1. The molecule has 1 aliphatic heterocycles. The zero-order chi connectivity index (χ0) is 23.8. The van der Waals surface area contributed by atoms with Gasteiger partial charge in [-0.1, -0.05) is 41.4 Å². The average molecular weight is 489 g/mol. The van der Waals surface area contributed by atoms with Crippen molar-refractivity contribution >= 4 is 35.0 Å². The number of carbonyl (C=O) groups is 1. The van der Waals surface area contributed by atoms with E-state index < -0.39 is 11.6 Å². The van der Waals surface area contributed by atoms with E-state index in [9.17, 15) is 4.79 Å². The molecule has 0 spiro atoms. The van der Waals surface area contributed by atoms with Crippen LogP contribution >= 0.6 is 23.2 Å². The van der Waals surface area contributed by atoms with E-state index in [-0.39, 0.29) is 25.5 Å². The fourth-order valence-electron chi connectivity index (χ4n) is 3.54. The van der Waals surface area contributed by atoms with E-state index in [2.05, 4.69) is 18.5 Å². The summed E-state index contributed by atoms with van der Waals surface area (Å²) in [6, 6.07) is 12.2. The van der Waals surface area contributed by atoms with Gasteiger partial charge < -0.3 is 19.9 Å². The van der Waals surface area contributed by atoms with Gasteiger partial charge in [-0.3, -0.25) is 4.79 Å². The highest BCUT2D eigenvalue weighted by molar-refractivity contribution is 6.35. The molecule has 0 aromatic heterocycles. The molecule has 0 unspecified atom stereocenters.